The highest BCUT2D eigenvalue weighted by atomic mass is 35.5. The van der Waals surface area contributed by atoms with Crippen molar-refractivity contribution in [2.75, 3.05) is 6.61 Å². The third-order valence-electron chi connectivity index (χ3n) is 3.61. The molecular weight excluding hydrogens is 314 g/mol. The van der Waals surface area contributed by atoms with E-state index in [2.05, 4.69) is 5.32 Å². The van der Waals surface area contributed by atoms with E-state index in [9.17, 15) is 10.1 Å². The molecule has 0 fully saturated rings. The van der Waals surface area contributed by atoms with Gasteiger partial charge in [0.05, 0.1) is 6.61 Å². The minimum absolute atomic E-state index is 0.0305. The van der Waals surface area contributed by atoms with Crippen LogP contribution >= 0.6 is 11.6 Å². The summed E-state index contributed by atoms with van der Waals surface area (Å²) in [5, 5.41) is 13.1. The van der Waals surface area contributed by atoms with Crippen molar-refractivity contribution in [1.82, 2.24) is 10.2 Å². The van der Waals surface area contributed by atoms with Gasteiger partial charge in [0.2, 0.25) is 0 Å². The molecule has 6 heteroatoms. The number of nitriles is 1. The quantitative estimate of drug-likeness (QED) is 0.521. The molecule has 120 valence electrons. The first-order valence-electron chi connectivity index (χ1n) is 7.25. The number of carbonyl (C=O) groups is 1. The Morgan fingerprint density at radius 1 is 1.35 bits per heavy atom. The second-order valence-electron chi connectivity index (χ2n) is 5.10. The van der Waals surface area contributed by atoms with Crippen LogP contribution < -0.4 is 5.32 Å². The molecule has 0 unspecified atom stereocenters. The Balaban J connectivity index is 2.38. The molecule has 23 heavy (non-hydrogen) atoms. The lowest BCUT2D eigenvalue weighted by Gasteiger charge is -2.22. The van der Waals surface area contributed by atoms with Crippen LogP contribution in [-0.4, -0.2) is 17.5 Å². The molecule has 1 aliphatic rings. The molecule has 0 saturated heterocycles. The topological polar surface area (TPSA) is 65.4 Å². The van der Waals surface area contributed by atoms with Crippen LogP contribution in [0.25, 0.3) is 0 Å². The molecule has 0 atom stereocenters. The van der Waals surface area contributed by atoms with Crippen molar-refractivity contribution in [2.24, 2.45) is 0 Å². The van der Waals surface area contributed by atoms with Crippen molar-refractivity contribution in [3.8, 4) is 6.07 Å². The minimum atomic E-state index is -0.624. The molecule has 1 heterocycles. The van der Waals surface area contributed by atoms with Crippen LogP contribution in [0.1, 0.15) is 26.3 Å². The van der Waals surface area contributed by atoms with E-state index >= 15 is 0 Å². The largest absolute Gasteiger partial charge is 0.462 e. The number of esters is 1. The molecule has 2 rings (SSSR count). The third kappa shape index (κ3) is 3.66. The standard InChI is InChI=1S/C17H18ClN3O2/c1-4-23-17(22)15(9-19)16-20-11(2)12(3)21(16)10-13-5-7-14(18)8-6-13/h5-8,20H,4,10H2,1-3H3/b16-15+. The van der Waals surface area contributed by atoms with Gasteiger partial charge < -0.3 is 15.0 Å². The van der Waals surface area contributed by atoms with Crippen molar-refractivity contribution in [2.45, 2.75) is 27.3 Å². The van der Waals surface area contributed by atoms with Gasteiger partial charge in [-0.1, -0.05) is 23.7 Å². The number of hydrogen-bond acceptors (Lipinski definition) is 5. The summed E-state index contributed by atoms with van der Waals surface area (Å²) in [6, 6.07) is 9.40. The van der Waals surface area contributed by atoms with Gasteiger partial charge >= 0.3 is 5.97 Å². The van der Waals surface area contributed by atoms with Crippen molar-refractivity contribution >= 4 is 17.6 Å². The van der Waals surface area contributed by atoms with Crippen molar-refractivity contribution in [1.29, 1.82) is 5.26 Å². The second kappa shape index (κ2) is 7.21. The fourth-order valence-electron chi connectivity index (χ4n) is 2.27. The van der Waals surface area contributed by atoms with Crippen LogP contribution in [0.5, 0.6) is 0 Å². The fourth-order valence-corrected chi connectivity index (χ4v) is 2.40. The molecule has 1 aliphatic heterocycles. The average molecular weight is 332 g/mol. The zero-order valence-electron chi connectivity index (χ0n) is 13.3. The molecule has 0 amide bonds. The average Bonchev–Trinajstić information content (AvgIpc) is 2.79. The summed E-state index contributed by atoms with van der Waals surface area (Å²) in [6.45, 7) is 6.29. The van der Waals surface area contributed by atoms with E-state index in [1.54, 1.807) is 6.92 Å². The van der Waals surface area contributed by atoms with E-state index in [0.29, 0.717) is 17.4 Å². The summed E-state index contributed by atoms with van der Waals surface area (Å²) in [7, 11) is 0. The van der Waals surface area contributed by atoms with Gasteiger partial charge in [0.15, 0.2) is 5.57 Å². The number of nitrogens with one attached hydrogen (secondary N) is 1. The highest BCUT2D eigenvalue weighted by Crippen LogP contribution is 2.27. The maximum Gasteiger partial charge on any atom is 0.352 e. The van der Waals surface area contributed by atoms with Crippen LogP contribution in [-0.2, 0) is 16.1 Å². The lowest BCUT2D eigenvalue weighted by atomic mass is 10.2. The number of nitrogens with zero attached hydrogens (tertiary/aromatic N) is 2. The molecule has 0 saturated carbocycles. The van der Waals surface area contributed by atoms with E-state index < -0.39 is 5.97 Å². The van der Waals surface area contributed by atoms with E-state index in [-0.39, 0.29) is 12.2 Å². The molecule has 0 aromatic heterocycles. The number of ether oxygens (including phenoxy) is 1. The smallest absolute Gasteiger partial charge is 0.352 e. The van der Waals surface area contributed by atoms with Crippen LogP contribution in [0.4, 0.5) is 0 Å². The molecule has 0 aliphatic carbocycles. The number of carbonyl (C=O) groups excluding carboxylic acids is 1. The van der Waals surface area contributed by atoms with Crippen molar-refractivity contribution in [3.05, 3.63) is 57.6 Å². The molecule has 5 nitrogen and oxygen atoms in total. The number of allylic oxidation sites excluding steroid dienone is 2. The lowest BCUT2D eigenvalue weighted by molar-refractivity contribution is -0.138. The molecule has 0 spiro atoms. The van der Waals surface area contributed by atoms with E-state index in [1.165, 1.54) is 0 Å². The lowest BCUT2D eigenvalue weighted by Crippen LogP contribution is -2.25. The zero-order chi connectivity index (χ0) is 17.0. The highest BCUT2D eigenvalue weighted by molar-refractivity contribution is 6.30. The highest BCUT2D eigenvalue weighted by Gasteiger charge is 2.28. The second-order valence-corrected chi connectivity index (χ2v) is 5.54. The molecule has 1 aromatic carbocycles. The van der Waals surface area contributed by atoms with Gasteiger partial charge in [-0.05, 0) is 38.5 Å². The van der Waals surface area contributed by atoms with Crippen molar-refractivity contribution < 1.29 is 9.53 Å². The predicted molar refractivity (Wildman–Crippen MR) is 87.8 cm³/mol. The fraction of sp³-hybridized carbons (Fsp3) is 0.294. The Labute approximate surface area is 140 Å². The molecule has 1 aromatic rings. The minimum Gasteiger partial charge on any atom is -0.462 e. The predicted octanol–water partition coefficient (Wildman–Crippen LogP) is 3.29. The van der Waals surface area contributed by atoms with Gasteiger partial charge in [0, 0.05) is 23.0 Å². The maximum absolute atomic E-state index is 12.0. The van der Waals surface area contributed by atoms with Gasteiger partial charge in [-0.15, -0.1) is 0 Å². The Morgan fingerprint density at radius 2 is 2.00 bits per heavy atom. The van der Waals surface area contributed by atoms with Crippen LogP contribution in [0, 0.1) is 11.3 Å². The van der Waals surface area contributed by atoms with Crippen LogP contribution in [0.2, 0.25) is 5.02 Å². The van der Waals surface area contributed by atoms with Crippen molar-refractivity contribution in [3.63, 3.8) is 0 Å². The monoisotopic (exact) mass is 331 g/mol. The normalized spacial score (nSPS) is 16.0. The van der Waals surface area contributed by atoms with Crippen LogP contribution in [0.15, 0.2) is 47.1 Å². The summed E-state index contributed by atoms with van der Waals surface area (Å²) in [5.41, 5.74) is 2.83. The molecule has 0 radical (unpaired) electrons. The summed E-state index contributed by atoms with van der Waals surface area (Å²) in [4.78, 5) is 13.9. The summed E-state index contributed by atoms with van der Waals surface area (Å²) < 4.78 is 4.97. The van der Waals surface area contributed by atoms with Gasteiger partial charge in [-0.2, -0.15) is 5.26 Å². The number of hydrogen-bond donors (Lipinski definition) is 1. The summed E-state index contributed by atoms with van der Waals surface area (Å²) in [5.74, 6) is -0.169. The van der Waals surface area contributed by atoms with Gasteiger partial charge in [0.1, 0.15) is 11.9 Å². The van der Waals surface area contributed by atoms with Crippen LogP contribution in [0.3, 0.4) is 0 Å². The first kappa shape index (κ1) is 16.9. The number of benzene rings is 1. The Morgan fingerprint density at radius 3 is 2.57 bits per heavy atom. The molecule has 0 bridgehead atoms. The number of halogens is 1. The summed E-state index contributed by atoms with van der Waals surface area (Å²) in [6.07, 6.45) is 0. The zero-order valence-corrected chi connectivity index (χ0v) is 14.1. The molecule has 1 N–H and O–H groups in total. The van der Waals surface area contributed by atoms with Gasteiger partial charge in [0.25, 0.3) is 0 Å². The Kier molecular flexibility index (Phi) is 5.30. The SMILES string of the molecule is CCOC(=O)/C(C#N)=C1\NC(C)=C(C)N1Cc1ccc(Cl)cc1. The Bertz CT molecular complexity index is 714. The number of rotatable bonds is 4. The van der Waals surface area contributed by atoms with Gasteiger partial charge in [-0.25, -0.2) is 4.79 Å². The third-order valence-corrected chi connectivity index (χ3v) is 3.86. The first-order chi connectivity index (χ1) is 11.0. The van der Waals surface area contributed by atoms with Gasteiger partial charge in [-0.3, -0.25) is 0 Å². The first-order valence-corrected chi connectivity index (χ1v) is 7.63. The maximum atomic E-state index is 12.0. The summed E-state index contributed by atoms with van der Waals surface area (Å²) >= 11 is 5.91. The van der Waals surface area contributed by atoms with E-state index in [4.69, 9.17) is 16.3 Å². The van der Waals surface area contributed by atoms with E-state index in [0.717, 1.165) is 17.0 Å². The molecular formula is C17H18ClN3O2. The van der Waals surface area contributed by atoms with E-state index in [1.807, 2.05) is 49.1 Å². The Hall–Kier alpha value is -2.45.